The summed E-state index contributed by atoms with van der Waals surface area (Å²) in [7, 11) is 1.65. The number of fused-ring (bicyclic) bond motifs is 4. The maximum absolute atomic E-state index is 12.8. The van der Waals surface area contributed by atoms with E-state index in [1.165, 1.54) is 12.1 Å². The summed E-state index contributed by atoms with van der Waals surface area (Å²) in [5.41, 5.74) is 1.19. The zero-order valence-electron chi connectivity index (χ0n) is 19.6. The fourth-order valence-corrected chi connectivity index (χ4v) is 5.63. The van der Waals surface area contributed by atoms with Gasteiger partial charge in [0.25, 0.3) is 0 Å². The smallest absolute Gasteiger partial charge is 0.335 e. The van der Waals surface area contributed by atoms with Crippen LogP contribution in [-0.2, 0) is 9.53 Å². The van der Waals surface area contributed by atoms with Gasteiger partial charge >= 0.3 is 5.97 Å². The van der Waals surface area contributed by atoms with Crippen molar-refractivity contribution < 1.29 is 28.9 Å². The first-order chi connectivity index (χ1) is 16.3. The second-order valence-electron chi connectivity index (χ2n) is 9.78. The fourth-order valence-electron chi connectivity index (χ4n) is 5.63. The van der Waals surface area contributed by atoms with Gasteiger partial charge in [0.1, 0.15) is 5.60 Å². The van der Waals surface area contributed by atoms with Gasteiger partial charge < -0.3 is 24.6 Å². The number of nitrogens with one attached hydrogen (secondary N) is 1. The molecular weight excluding hydrogens is 436 g/mol. The van der Waals surface area contributed by atoms with Crippen molar-refractivity contribution >= 4 is 17.6 Å². The highest BCUT2D eigenvalue weighted by atomic mass is 16.5. The molecule has 3 aliphatic rings. The molecule has 0 unspecified atom stereocenters. The van der Waals surface area contributed by atoms with E-state index in [9.17, 15) is 14.7 Å². The molecule has 3 heterocycles. The molecule has 2 N–H and O–H groups in total. The Morgan fingerprint density at radius 2 is 2.03 bits per heavy atom. The van der Waals surface area contributed by atoms with Crippen LogP contribution in [0.1, 0.15) is 48.7 Å². The lowest BCUT2D eigenvalue weighted by Gasteiger charge is -2.51. The molecule has 2 aromatic carbocycles. The highest BCUT2D eigenvalue weighted by Gasteiger charge is 2.53. The van der Waals surface area contributed by atoms with E-state index >= 15 is 0 Å². The molecule has 2 fully saturated rings. The van der Waals surface area contributed by atoms with Crippen molar-refractivity contribution in [3.05, 3.63) is 53.6 Å². The number of methoxy groups -OCH3 is 1. The Morgan fingerprint density at radius 1 is 1.24 bits per heavy atom. The number of para-hydroxylation sites is 1. The molecule has 0 saturated carbocycles. The molecule has 2 aromatic rings. The Hall–Kier alpha value is -3.10. The first kappa shape index (κ1) is 22.7. The highest BCUT2D eigenvalue weighted by Crippen LogP contribution is 2.54. The normalized spacial score (nSPS) is 27.0. The number of amides is 1. The minimum atomic E-state index is -1.02. The second-order valence-corrected chi connectivity index (χ2v) is 9.78. The molecule has 1 amide bonds. The minimum absolute atomic E-state index is 0.0392. The van der Waals surface area contributed by atoms with Gasteiger partial charge in [0, 0.05) is 29.8 Å². The van der Waals surface area contributed by atoms with Gasteiger partial charge in [-0.25, -0.2) is 4.79 Å². The standard InChI is InChI=1S/C26H30N2O6/c1-26(2)18-13-19-20(33-23(18)17-8-5-9-21(32-3)24(17)34-26)10-11-28(19)14-22(29)27-16-7-4-6-15(12-16)25(30)31/h4-9,12,18-20,23H,10-11,13-14H2,1-3H3,(H,27,29)(H,30,31)/t18-,19+,20-,23+/m1/s1. The molecule has 2 saturated heterocycles. The molecule has 3 aliphatic heterocycles. The van der Waals surface area contributed by atoms with E-state index in [1.54, 1.807) is 19.2 Å². The van der Waals surface area contributed by atoms with Gasteiger partial charge in [-0.15, -0.1) is 0 Å². The summed E-state index contributed by atoms with van der Waals surface area (Å²) >= 11 is 0. The fraction of sp³-hybridized carbons (Fsp3) is 0.462. The average Bonchev–Trinajstić information content (AvgIpc) is 3.19. The van der Waals surface area contributed by atoms with Crippen LogP contribution in [0, 0.1) is 5.92 Å². The number of hydrogen-bond donors (Lipinski definition) is 2. The number of carbonyl (C=O) groups is 2. The molecule has 8 heteroatoms. The largest absolute Gasteiger partial charge is 0.493 e. The van der Waals surface area contributed by atoms with Gasteiger partial charge in [0.15, 0.2) is 11.5 Å². The third-order valence-corrected chi connectivity index (χ3v) is 7.32. The Bertz CT molecular complexity index is 1120. The summed E-state index contributed by atoms with van der Waals surface area (Å²) in [6, 6.07) is 12.3. The van der Waals surface area contributed by atoms with Crippen molar-refractivity contribution in [3.8, 4) is 11.5 Å². The summed E-state index contributed by atoms with van der Waals surface area (Å²) in [6.07, 6.45) is 1.68. The van der Waals surface area contributed by atoms with Crippen LogP contribution in [0.15, 0.2) is 42.5 Å². The maximum atomic E-state index is 12.8. The Morgan fingerprint density at radius 3 is 2.79 bits per heavy atom. The van der Waals surface area contributed by atoms with Crippen molar-refractivity contribution in [2.45, 2.75) is 50.5 Å². The number of carbonyl (C=O) groups excluding carboxylic acids is 1. The Kier molecular flexibility index (Phi) is 5.73. The number of aromatic carboxylic acids is 1. The first-order valence-corrected chi connectivity index (χ1v) is 11.7. The molecule has 0 aromatic heterocycles. The zero-order chi connectivity index (χ0) is 24.0. The van der Waals surface area contributed by atoms with Gasteiger partial charge in [-0.05, 0) is 51.0 Å². The highest BCUT2D eigenvalue weighted by molar-refractivity contribution is 5.94. The van der Waals surface area contributed by atoms with Gasteiger partial charge in [-0.1, -0.05) is 18.2 Å². The lowest BCUT2D eigenvalue weighted by Crippen LogP contribution is -2.54. The molecular formula is C26H30N2O6. The van der Waals surface area contributed by atoms with E-state index in [0.29, 0.717) is 11.4 Å². The number of hydrogen-bond acceptors (Lipinski definition) is 6. The SMILES string of the molecule is COc1cccc2c1OC(C)(C)[C@@H]1C[C@H]3[C@@H](CCN3CC(=O)Nc3cccc(C(=O)O)c3)O[C@@H]21. The molecule has 4 atom stereocenters. The number of anilines is 1. The lowest BCUT2D eigenvalue weighted by atomic mass is 9.74. The van der Waals surface area contributed by atoms with Crippen LogP contribution < -0.4 is 14.8 Å². The van der Waals surface area contributed by atoms with Crippen LogP contribution in [0.3, 0.4) is 0 Å². The van der Waals surface area contributed by atoms with Crippen molar-refractivity contribution in [1.82, 2.24) is 4.90 Å². The maximum Gasteiger partial charge on any atom is 0.335 e. The number of nitrogens with zero attached hydrogens (tertiary/aromatic N) is 1. The third kappa shape index (κ3) is 4.01. The first-order valence-electron chi connectivity index (χ1n) is 11.7. The van der Waals surface area contributed by atoms with Crippen molar-refractivity contribution in [1.29, 1.82) is 0 Å². The molecule has 5 rings (SSSR count). The monoisotopic (exact) mass is 466 g/mol. The molecule has 0 bridgehead atoms. The number of ether oxygens (including phenoxy) is 3. The number of rotatable bonds is 5. The molecule has 0 spiro atoms. The van der Waals surface area contributed by atoms with Crippen LogP contribution in [0.4, 0.5) is 5.69 Å². The summed E-state index contributed by atoms with van der Waals surface area (Å²) in [5.74, 6) is 0.409. The van der Waals surface area contributed by atoms with E-state index in [4.69, 9.17) is 14.2 Å². The van der Waals surface area contributed by atoms with Crippen LogP contribution in [0.2, 0.25) is 0 Å². The summed E-state index contributed by atoms with van der Waals surface area (Å²) in [6.45, 7) is 5.17. The van der Waals surface area contributed by atoms with E-state index in [-0.39, 0.29) is 42.2 Å². The molecule has 0 radical (unpaired) electrons. The number of carboxylic acids is 1. The van der Waals surface area contributed by atoms with Gasteiger partial charge in [-0.3, -0.25) is 9.69 Å². The number of benzene rings is 2. The molecule has 0 aliphatic carbocycles. The molecule has 34 heavy (non-hydrogen) atoms. The van der Waals surface area contributed by atoms with E-state index in [2.05, 4.69) is 30.1 Å². The van der Waals surface area contributed by atoms with Crippen LogP contribution >= 0.6 is 0 Å². The summed E-state index contributed by atoms with van der Waals surface area (Å²) in [4.78, 5) is 26.2. The summed E-state index contributed by atoms with van der Waals surface area (Å²) < 4.78 is 18.6. The second kappa shape index (κ2) is 8.60. The predicted molar refractivity (Wildman–Crippen MR) is 125 cm³/mol. The Balaban J connectivity index is 1.31. The molecule has 180 valence electrons. The van der Waals surface area contributed by atoms with Gasteiger partial charge in [0.2, 0.25) is 5.91 Å². The van der Waals surface area contributed by atoms with E-state index in [0.717, 1.165) is 30.7 Å². The number of carboxylic acid groups (broad SMARTS) is 1. The van der Waals surface area contributed by atoms with Crippen molar-refractivity contribution in [3.63, 3.8) is 0 Å². The predicted octanol–water partition coefficient (Wildman–Crippen LogP) is 3.72. The van der Waals surface area contributed by atoms with Crippen LogP contribution in [0.25, 0.3) is 0 Å². The Labute approximate surface area is 198 Å². The average molecular weight is 467 g/mol. The molecule has 8 nitrogen and oxygen atoms in total. The zero-order valence-corrected chi connectivity index (χ0v) is 19.6. The topological polar surface area (TPSA) is 97.3 Å². The third-order valence-electron chi connectivity index (χ3n) is 7.32. The minimum Gasteiger partial charge on any atom is -0.493 e. The van der Waals surface area contributed by atoms with Crippen molar-refractivity contribution in [2.24, 2.45) is 5.92 Å². The lowest BCUT2D eigenvalue weighted by molar-refractivity contribution is -0.162. The summed E-state index contributed by atoms with van der Waals surface area (Å²) in [5, 5.41) is 12.0. The number of likely N-dealkylation sites (tertiary alicyclic amines) is 1. The van der Waals surface area contributed by atoms with Gasteiger partial charge in [0.05, 0.1) is 31.4 Å². The van der Waals surface area contributed by atoms with Crippen molar-refractivity contribution in [2.75, 3.05) is 25.5 Å². The van der Waals surface area contributed by atoms with Gasteiger partial charge in [-0.2, -0.15) is 0 Å². The van der Waals surface area contributed by atoms with E-state index < -0.39 is 11.6 Å². The van der Waals surface area contributed by atoms with E-state index in [1.807, 2.05) is 12.1 Å². The quantitative estimate of drug-likeness (QED) is 0.693. The van der Waals surface area contributed by atoms with Crippen LogP contribution in [0.5, 0.6) is 11.5 Å². The van der Waals surface area contributed by atoms with Crippen LogP contribution in [-0.4, -0.2) is 59.8 Å².